The van der Waals surface area contributed by atoms with E-state index in [2.05, 4.69) is 54.8 Å². The molecular formula is C24H28ClNS2. The summed E-state index contributed by atoms with van der Waals surface area (Å²) in [7, 11) is 0. The average Bonchev–Trinajstić information content (AvgIpc) is 2.73. The van der Waals surface area contributed by atoms with Crippen LogP contribution in [0.25, 0.3) is 0 Å². The van der Waals surface area contributed by atoms with Gasteiger partial charge in [0.05, 0.1) is 10.7 Å². The van der Waals surface area contributed by atoms with Crippen molar-refractivity contribution in [2.75, 3.05) is 5.75 Å². The summed E-state index contributed by atoms with van der Waals surface area (Å²) in [4.78, 5) is 4.90. The van der Waals surface area contributed by atoms with Crippen LogP contribution in [0.3, 0.4) is 0 Å². The summed E-state index contributed by atoms with van der Waals surface area (Å²) < 4.78 is 0. The molecule has 28 heavy (non-hydrogen) atoms. The minimum absolute atomic E-state index is 0.788. The first-order valence-electron chi connectivity index (χ1n) is 10.00. The maximum absolute atomic E-state index is 5.96. The highest BCUT2D eigenvalue weighted by atomic mass is 35.5. The zero-order valence-corrected chi connectivity index (χ0v) is 18.8. The molecule has 3 rings (SSSR count). The molecule has 0 N–H and O–H groups in total. The van der Waals surface area contributed by atoms with Crippen molar-refractivity contribution in [3.63, 3.8) is 0 Å². The van der Waals surface area contributed by atoms with E-state index >= 15 is 0 Å². The molecule has 2 aromatic rings. The minimum Gasteiger partial charge on any atom is -0.242 e. The summed E-state index contributed by atoms with van der Waals surface area (Å²) in [5.41, 5.74) is 3.58. The van der Waals surface area contributed by atoms with Crippen LogP contribution < -0.4 is 0 Å². The van der Waals surface area contributed by atoms with E-state index in [1.807, 2.05) is 23.9 Å². The molecule has 2 aromatic carbocycles. The van der Waals surface area contributed by atoms with Gasteiger partial charge in [0.2, 0.25) is 0 Å². The van der Waals surface area contributed by atoms with Crippen LogP contribution in [-0.4, -0.2) is 10.8 Å². The zero-order valence-electron chi connectivity index (χ0n) is 16.4. The molecule has 0 radical (unpaired) electrons. The van der Waals surface area contributed by atoms with Crippen molar-refractivity contribution in [2.45, 2.75) is 44.8 Å². The quantitative estimate of drug-likeness (QED) is 0.323. The Morgan fingerprint density at radius 1 is 1.04 bits per heavy atom. The fraction of sp³-hybridized carbons (Fsp3) is 0.375. The lowest BCUT2D eigenvalue weighted by Gasteiger charge is -2.20. The van der Waals surface area contributed by atoms with Gasteiger partial charge in [0.1, 0.15) is 0 Å². The largest absolute Gasteiger partial charge is 0.242 e. The maximum Gasteiger partial charge on any atom is 0.0972 e. The molecule has 0 bridgehead atoms. The minimum atomic E-state index is 0.788. The van der Waals surface area contributed by atoms with Gasteiger partial charge >= 0.3 is 0 Å². The van der Waals surface area contributed by atoms with Crippen LogP contribution in [0.1, 0.15) is 43.2 Å². The number of hydrogen-bond donors (Lipinski definition) is 0. The average molecular weight is 430 g/mol. The van der Waals surface area contributed by atoms with Crippen molar-refractivity contribution in [1.29, 1.82) is 0 Å². The Balaban J connectivity index is 1.60. The highest BCUT2D eigenvalue weighted by Crippen LogP contribution is 2.28. The van der Waals surface area contributed by atoms with E-state index in [1.165, 1.54) is 49.0 Å². The number of hydrogen-bond acceptors (Lipinski definition) is 3. The van der Waals surface area contributed by atoms with Crippen molar-refractivity contribution in [3.05, 3.63) is 76.2 Å². The molecule has 0 saturated heterocycles. The van der Waals surface area contributed by atoms with Gasteiger partial charge in [-0.3, -0.25) is 0 Å². The van der Waals surface area contributed by atoms with Gasteiger partial charge in [0.15, 0.2) is 0 Å². The second-order valence-electron chi connectivity index (χ2n) is 7.34. The summed E-state index contributed by atoms with van der Waals surface area (Å²) >= 11 is 9.67. The number of aliphatic imine (C=N–C) groups is 1. The molecular weight excluding hydrogens is 402 g/mol. The molecule has 1 aliphatic carbocycles. The molecule has 148 valence electrons. The van der Waals surface area contributed by atoms with Gasteiger partial charge in [-0.15, -0.1) is 23.5 Å². The molecule has 0 spiro atoms. The SMILES string of the molecule is Cc1ccc(N=C(C=CSCc2ccc(Cl)cc2)SCC2CCCCC2)cc1. The highest BCUT2D eigenvalue weighted by molar-refractivity contribution is 8.14. The van der Waals surface area contributed by atoms with Gasteiger partial charge < -0.3 is 0 Å². The number of rotatable bonds is 7. The lowest BCUT2D eigenvalue weighted by Crippen LogP contribution is -2.09. The number of aryl methyl sites for hydroxylation is 1. The number of halogens is 1. The van der Waals surface area contributed by atoms with Gasteiger partial charge in [-0.25, -0.2) is 4.99 Å². The van der Waals surface area contributed by atoms with Crippen molar-refractivity contribution in [2.24, 2.45) is 10.9 Å². The normalized spacial score (nSPS) is 16.0. The third-order valence-corrected chi connectivity index (χ3v) is 7.18. The number of nitrogens with zero attached hydrogens (tertiary/aromatic N) is 1. The molecule has 1 aliphatic rings. The van der Waals surface area contributed by atoms with Gasteiger partial charge in [-0.1, -0.05) is 60.7 Å². The first-order valence-corrected chi connectivity index (χ1v) is 12.4. The van der Waals surface area contributed by atoms with E-state index in [0.29, 0.717) is 0 Å². The summed E-state index contributed by atoms with van der Waals surface area (Å²) in [5, 5.41) is 4.07. The van der Waals surface area contributed by atoms with E-state index in [4.69, 9.17) is 16.6 Å². The fourth-order valence-electron chi connectivity index (χ4n) is 3.25. The molecule has 0 amide bonds. The van der Waals surface area contributed by atoms with E-state index in [9.17, 15) is 0 Å². The van der Waals surface area contributed by atoms with Crippen LogP contribution in [0.5, 0.6) is 0 Å². The topological polar surface area (TPSA) is 12.4 Å². The summed E-state index contributed by atoms with van der Waals surface area (Å²) in [6.07, 6.45) is 9.12. The van der Waals surface area contributed by atoms with Crippen molar-refractivity contribution >= 4 is 45.9 Å². The van der Waals surface area contributed by atoms with Gasteiger partial charge in [-0.05, 0) is 67.0 Å². The Bertz CT molecular complexity index is 775. The highest BCUT2D eigenvalue weighted by Gasteiger charge is 2.14. The van der Waals surface area contributed by atoms with E-state index in [1.54, 1.807) is 11.8 Å². The van der Waals surface area contributed by atoms with Crippen molar-refractivity contribution < 1.29 is 0 Å². The molecule has 1 saturated carbocycles. The maximum atomic E-state index is 5.96. The van der Waals surface area contributed by atoms with Crippen molar-refractivity contribution in [3.8, 4) is 0 Å². The second kappa shape index (κ2) is 11.7. The van der Waals surface area contributed by atoms with Crippen molar-refractivity contribution in [1.82, 2.24) is 0 Å². The monoisotopic (exact) mass is 429 g/mol. The molecule has 1 nitrogen and oxygen atoms in total. The third kappa shape index (κ3) is 7.69. The van der Waals surface area contributed by atoms with E-state index in [0.717, 1.165) is 27.4 Å². The van der Waals surface area contributed by atoms with Crippen LogP contribution in [0, 0.1) is 12.8 Å². The van der Waals surface area contributed by atoms with Crippen LogP contribution in [0.15, 0.2) is 65.0 Å². The molecule has 0 aromatic heterocycles. The Kier molecular flexibility index (Phi) is 9.04. The first kappa shape index (κ1) is 21.5. The Morgan fingerprint density at radius 2 is 1.75 bits per heavy atom. The lowest BCUT2D eigenvalue weighted by atomic mass is 9.91. The summed E-state index contributed by atoms with van der Waals surface area (Å²) in [6, 6.07) is 16.5. The third-order valence-electron chi connectivity index (χ3n) is 4.94. The Morgan fingerprint density at radius 3 is 2.46 bits per heavy atom. The molecule has 1 fully saturated rings. The predicted molar refractivity (Wildman–Crippen MR) is 129 cm³/mol. The Hall–Kier alpha value is -1.16. The number of thioether (sulfide) groups is 2. The number of benzene rings is 2. The standard InChI is InChI=1S/C24H28ClNS2/c1-19-7-13-23(14-8-19)26-24(28-18-20-5-3-2-4-6-20)15-16-27-17-21-9-11-22(25)12-10-21/h7-16,20H,2-6,17-18H2,1H3. The smallest absolute Gasteiger partial charge is 0.0972 e. The van der Waals surface area contributed by atoms with Crippen LogP contribution >= 0.6 is 35.1 Å². The fourth-order valence-corrected chi connectivity index (χ4v) is 5.24. The van der Waals surface area contributed by atoms with E-state index < -0.39 is 0 Å². The lowest BCUT2D eigenvalue weighted by molar-refractivity contribution is 0.391. The molecule has 0 heterocycles. The molecule has 0 atom stereocenters. The van der Waals surface area contributed by atoms with E-state index in [-0.39, 0.29) is 0 Å². The van der Waals surface area contributed by atoms with Gasteiger partial charge in [-0.2, -0.15) is 0 Å². The predicted octanol–water partition coefficient (Wildman–Crippen LogP) is 8.44. The summed E-state index contributed by atoms with van der Waals surface area (Å²) in [6.45, 7) is 2.11. The summed E-state index contributed by atoms with van der Waals surface area (Å²) in [5.74, 6) is 2.97. The van der Waals surface area contributed by atoms with Crippen LogP contribution in [0.2, 0.25) is 5.02 Å². The second-order valence-corrected chi connectivity index (χ2v) is 9.71. The molecule has 0 unspecified atom stereocenters. The molecule has 0 aliphatic heterocycles. The van der Waals surface area contributed by atoms with Crippen LogP contribution in [0.4, 0.5) is 5.69 Å². The van der Waals surface area contributed by atoms with Crippen LogP contribution in [-0.2, 0) is 5.75 Å². The zero-order chi connectivity index (χ0) is 19.6. The van der Waals surface area contributed by atoms with Gasteiger partial charge in [0.25, 0.3) is 0 Å². The Labute approximate surface area is 183 Å². The first-order chi connectivity index (χ1) is 13.7. The van der Waals surface area contributed by atoms with Gasteiger partial charge in [0, 0.05) is 16.5 Å². The molecule has 4 heteroatoms.